The SMILES string of the molecule is CCCCCC=CCO.Cc1ccc(S(=O)(=O)O)cc1. The number of rotatable bonds is 6. The van der Waals surface area contributed by atoms with Gasteiger partial charge in [-0.05, 0) is 31.9 Å². The highest BCUT2D eigenvalue weighted by atomic mass is 32.2. The van der Waals surface area contributed by atoms with E-state index in [4.69, 9.17) is 9.66 Å². The lowest BCUT2D eigenvalue weighted by atomic mass is 10.2. The van der Waals surface area contributed by atoms with Gasteiger partial charge in [-0.25, -0.2) is 0 Å². The van der Waals surface area contributed by atoms with E-state index in [0.717, 1.165) is 12.0 Å². The van der Waals surface area contributed by atoms with Crippen LogP contribution in [0.5, 0.6) is 0 Å². The molecule has 1 aromatic rings. The van der Waals surface area contributed by atoms with Crippen molar-refractivity contribution in [2.24, 2.45) is 0 Å². The van der Waals surface area contributed by atoms with Crippen molar-refractivity contribution < 1.29 is 18.1 Å². The van der Waals surface area contributed by atoms with Crippen LogP contribution in [0.25, 0.3) is 0 Å². The third-order valence-electron chi connectivity index (χ3n) is 2.57. The number of aliphatic hydroxyl groups excluding tert-OH is 1. The molecule has 0 saturated carbocycles. The van der Waals surface area contributed by atoms with Crippen LogP contribution >= 0.6 is 0 Å². The van der Waals surface area contributed by atoms with Gasteiger partial charge >= 0.3 is 0 Å². The summed E-state index contributed by atoms with van der Waals surface area (Å²) in [5.41, 5.74) is 0.956. The van der Waals surface area contributed by atoms with E-state index in [1.165, 1.54) is 31.4 Å². The minimum Gasteiger partial charge on any atom is -0.392 e. The molecule has 0 aromatic heterocycles. The van der Waals surface area contributed by atoms with Crippen LogP contribution in [0, 0.1) is 6.92 Å². The summed E-state index contributed by atoms with van der Waals surface area (Å²) in [6.45, 7) is 4.22. The van der Waals surface area contributed by atoms with Crippen molar-refractivity contribution in [3.05, 3.63) is 42.0 Å². The summed E-state index contributed by atoms with van der Waals surface area (Å²) in [6, 6.07) is 5.99. The average Bonchev–Trinajstić information content (AvgIpc) is 2.39. The van der Waals surface area contributed by atoms with Crippen LogP contribution in [0.4, 0.5) is 0 Å². The summed E-state index contributed by atoms with van der Waals surface area (Å²) in [4.78, 5) is -0.0666. The molecule has 0 aliphatic heterocycles. The van der Waals surface area contributed by atoms with Gasteiger partial charge in [0.05, 0.1) is 11.5 Å². The maximum atomic E-state index is 10.5. The topological polar surface area (TPSA) is 74.6 Å². The molecule has 0 heterocycles. The molecule has 5 heteroatoms. The maximum Gasteiger partial charge on any atom is 0.294 e. The zero-order valence-electron chi connectivity index (χ0n) is 12.1. The molecule has 0 amide bonds. The van der Waals surface area contributed by atoms with Crippen molar-refractivity contribution in [3.8, 4) is 0 Å². The second kappa shape index (κ2) is 10.6. The number of aliphatic hydroxyl groups is 1. The van der Waals surface area contributed by atoms with E-state index in [-0.39, 0.29) is 11.5 Å². The lowest BCUT2D eigenvalue weighted by Gasteiger charge is -1.95. The van der Waals surface area contributed by atoms with Crippen LogP contribution in [0.1, 0.15) is 38.2 Å². The fraction of sp³-hybridized carbons (Fsp3) is 0.467. The van der Waals surface area contributed by atoms with Crippen molar-refractivity contribution in [3.63, 3.8) is 0 Å². The van der Waals surface area contributed by atoms with E-state index in [1.807, 2.05) is 13.0 Å². The first-order chi connectivity index (χ1) is 9.41. The molecule has 2 N–H and O–H groups in total. The van der Waals surface area contributed by atoms with Crippen LogP contribution in [-0.2, 0) is 10.1 Å². The molecule has 114 valence electrons. The van der Waals surface area contributed by atoms with Crippen molar-refractivity contribution in [1.82, 2.24) is 0 Å². The fourth-order valence-corrected chi connectivity index (χ4v) is 1.89. The molecular formula is C15H24O4S. The standard InChI is InChI=1S/C8H16O.C7H8O3S/c1-2-3-4-5-6-7-8-9;1-6-2-4-7(5-3-6)11(8,9)10/h6-7,9H,2-5,8H2,1H3;2-5H,1H3,(H,8,9,10). The van der Waals surface area contributed by atoms with Crippen molar-refractivity contribution in [1.29, 1.82) is 0 Å². The predicted octanol–water partition coefficient (Wildman–Crippen LogP) is 3.36. The van der Waals surface area contributed by atoms with Crippen molar-refractivity contribution >= 4 is 10.1 Å². The minimum atomic E-state index is -4.02. The molecule has 0 unspecified atom stereocenters. The molecular weight excluding hydrogens is 276 g/mol. The van der Waals surface area contributed by atoms with Gasteiger partial charge in [0.25, 0.3) is 10.1 Å². The highest BCUT2D eigenvalue weighted by molar-refractivity contribution is 7.85. The van der Waals surface area contributed by atoms with Gasteiger partial charge in [0.15, 0.2) is 0 Å². The molecule has 1 aromatic carbocycles. The van der Waals surface area contributed by atoms with E-state index in [1.54, 1.807) is 18.2 Å². The second-order valence-corrected chi connectivity index (χ2v) is 5.86. The Labute approximate surface area is 121 Å². The van der Waals surface area contributed by atoms with Crippen molar-refractivity contribution in [2.45, 2.75) is 44.4 Å². The van der Waals surface area contributed by atoms with Gasteiger partial charge in [-0.2, -0.15) is 8.42 Å². The highest BCUT2D eigenvalue weighted by Gasteiger charge is 2.06. The van der Waals surface area contributed by atoms with E-state index in [2.05, 4.69) is 6.92 Å². The molecule has 0 radical (unpaired) electrons. The quantitative estimate of drug-likeness (QED) is 0.480. The van der Waals surface area contributed by atoms with E-state index >= 15 is 0 Å². The number of hydrogen-bond acceptors (Lipinski definition) is 3. The van der Waals surface area contributed by atoms with Gasteiger partial charge < -0.3 is 5.11 Å². The molecule has 0 fully saturated rings. The molecule has 0 atom stereocenters. The third-order valence-corrected chi connectivity index (χ3v) is 3.43. The summed E-state index contributed by atoms with van der Waals surface area (Å²) in [6.07, 6.45) is 8.79. The van der Waals surface area contributed by atoms with Crippen LogP contribution in [0.2, 0.25) is 0 Å². The smallest absolute Gasteiger partial charge is 0.294 e. The molecule has 0 bridgehead atoms. The molecule has 0 saturated heterocycles. The highest BCUT2D eigenvalue weighted by Crippen LogP contribution is 2.08. The lowest BCUT2D eigenvalue weighted by Crippen LogP contribution is -1.96. The number of unbranched alkanes of at least 4 members (excludes halogenated alkanes) is 3. The van der Waals surface area contributed by atoms with E-state index < -0.39 is 10.1 Å². The number of allylic oxidation sites excluding steroid dienone is 1. The largest absolute Gasteiger partial charge is 0.392 e. The first-order valence-corrected chi connectivity index (χ1v) is 8.15. The summed E-state index contributed by atoms with van der Waals surface area (Å²) in [7, 11) is -4.02. The first kappa shape index (κ1) is 18.8. The Morgan fingerprint density at radius 1 is 1.10 bits per heavy atom. The lowest BCUT2D eigenvalue weighted by molar-refractivity contribution is 0.342. The summed E-state index contributed by atoms with van der Waals surface area (Å²) in [5.74, 6) is 0. The Bertz CT molecular complexity index is 475. The van der Waals surface area contributed by atoms with Crippen molar-refractivity contribution in [2.75, 3.05) is 6.61 Å². The monoisotopic (exact) mass is 300 g/mol. The number of hydrogen-bond donors (Lipinski definition) is 2. The van der Waals surface area contributed by atoms with Crippen LogP contribution in [0.15, 0.2) is 41.3 Å². The zero-order valence-corrected chi connectivity index (χ0v) is 12.9. The first-order valence-electron chi connectivity index (χ1n) is 6.71. The summed E-state index contributed by atoms with van der Waals surface area (Å²) in [5, 5.41) is 8.34. The normalized spacial score (nSPS) is 11.2. The Kier molecular flexibility index (Phi) is 9.98. The molecule has 4 nitrogen and oxygen atoms in total. The van der Waals surface area contributed by atoms with Gasteiger partial charge in [-0.3, -0.25) is 4.55 Å². The van der Waals surface area contributed by atoms with Gasteiger partial charge in [-0.15, -0.1) is 0 Å². The number of benzene rings is 1. The fourth-order valence-electron chi connectivity index (χ4n) is 1.41. The summed E-state index contributed by atoms with van der Waals surface area (Å²) < 4.78 is 29.6. The Balaban J connectivity index is 0.000000370. The van der Waals surface area contributed by atoms with Gasteiger partial charge in [-0.1, -0.05) is 49.6 Å². The van der Waals surface area contributed by atoms with E-state index in [9.17, 15) is 8.42 Å². The van der Waals surface area contributed by atoms with Gasteiger partial charge in [0, 0.05) is 0 Å². The van der Waals surface area contributed by atoms with Gasteiger partial charge in [0.1, 0.15) is 0 Å². The minimum absolute atomic E-state index is 0.0666. The summed E-state index contributed by atoms with van der Waals surface area (Å²) >= 11 is 0. The van der Waals surface area contributed by atoms with Gasteiger partial charge in [0.2, 0.25) is 0 Å². The molecule has 0 aliphatic carbocycles. The molecule has 1 rings (SSSR count). The second-order valence-electron chi connectivity index (χ2n) is 4.44. The molecule has 0 aliphatic rings. The average molecular weight is 300 g/mol. The Morgan fingerprint density at radius 3 is 2.15 bits per heavy atom. The predicted molar refractivity (Wildman–Crippen MR) is 81.4 cm³/mol. The molecule has 0 spiro atoms. The molecule has 20 heavy (non-hydrogen) atoms. The Morgan fingerprint density at radius 2 is 1.70 bits per heavy atom. The number of aryl methyl sites for hydroxylation is 1. The van der Waals surface area contributed by atoms with Crippen LogP contribution in [-0.4, -0.2) is 24.7 Å². The van der Waals surface area contributed by atoms with E-state index in [0.29, 0.717) is 0 Å². The van der Waals surface area contributed by atoms with Crippen LogP contribution < -0.4 is 0 Å². The third kappa shape index (κ3) is 9.72. The maximum absolute atomic E-state index is 10.5. The Hall–Kier alpha value is -1.17. The zero-order chi connectivity index (χ0) is 15.4. The van der Waals surface area contributed by atoms with Crippen LogP contribution in [0.3, 0.4) is 0 Å².